The second-order valence-corrected chi connectivity index (χ2v) is 11.0. The minimum atomic E-state index is -0.753. The van der Waals surface area contributed by atoms with Crippen LogP contribution in [0.5, 0.6) is 5.75 Å². The van der Waals surface area contributed by atoms with Crippen molar-refractivity contribution in [2.75, 3.05) is 46.2 Å². The summed E-state index contributed by atoms with van der Waals surface area (Å²) in [5, 5.41) is 14.2. The molecule has 1 aliphatic rings. The van der Waals surface area contributed by atoms with Gasteiger partial charge in [-0.2, -0.15) is 0 Å². The summed E-state index contributed by atoms with van der Waals surface area (Å²) in [5.74, 6) is 0.394. The van der Waals surface area contributed by atoms with Gasteiger partial charge in [0.1, 0.15) is 18.5 Å². The lowest BCUT2D eigenvalue weighted by Crippen LogP contribution is -2.29. The van der Waals surface area contributed by atoms with E-state index in [1.807, 2.05) is 43.3 Å². The van der Waals surface area contributed by atoms with Crippen LogP contribution >= 0.6 is 0 Å². The number of hydrogen-bond acceptors (Lipinski definition) is 9. The first-order valence-corrected chi connectivity index (χ1v) is 14.8. The van der Waals surface area contributed by atoms with E-state index in [9.17, 15) is 5.11 Å². The van der Waals surface area contributed by atoms with Gasteiger partial charge in [0.05, 0.1) is 39.1 Å². The van der Waals surface area contributed by atoms with Gasteiger partial charge in [0.2, 0.25) is 0 Å². The monoisotopic (exact) mass is 592 g/mol. The molecule has 0 fully saturated rings. The Morgan fingerprint density at radius 2 is 1.42 bits per heavy atom. The zero-order chi connectivity index (χ0) is 30.3. The molecule has 3 aromatic rings. The van der Waals surface area contributed by atoms with Gasteiger partial charge >= 0.3 is 0 Å². The highest BCUT2D eigenvalue weighted by atomic mass is 16.8. The van der Waals surface area contributed by atoms with Crippen molar-refractivity contribution in [2.45, 2.75) is 51.9 Å². The van der Waals surface area contributed by atoms with Crippen LogP contribution in [0.1, 0.15) is 37.5 Å². The lowest BCUT2D eigenvalue weighted by molar-refractivity contribution is -0.128. The van der Waals surface area contributed by atoms with Crippen molar-refractivity contribution < 1.29 is 33.6 Å². The number of rotatable bonds is 19. The molecule has 0 amide bonds. The Morgan fingerprint density at radius 1 is 0.791 bits per heavy atom. The molecule has 0 saturated heterocycles. The Balaban J connectivity index is 1.05. The van der Waals surface area contributed by atoms with Crippen LogP contribution in [0.25, 0.3) is 0 Å². The third-order valence-corrected chi connectivity index (χ3v) is 6.57. The maximum atomic E-state index is 10.2. The Hall–Kier alpha value is -3.47. The Labute approximate surface area is 254 Å². The first-order chi connectivity index (χ1) is 20.9. The number of benzene rings is 3. The molecule has 9 heteroatoms. The van der Waals surface area contributed by atoms with Crippen LogP contribution in [0, 0.1) is 0 Å². The van der Waals surface area contributed by atoms with E-state index < -0.39 is 11.9 Å². The highest BCUT2D eigenvalue weighted by molar-refractivity contribution is 5.94. The number of aliphatic hydroxyl groups excluding tert-OH is 1. The third kappa shape index (κ3) is 12.0. The molecule has 1 heterocycles. The SMILES string of the molecule is CC(COCCN(Cc1ccccc1)Cc1ccccc1)OCC(O)COCCOc1ccc(C2=NOC(C)(C)O2)cc1. The van der Waals surface area contributed by atoms with E-state index in [0.29, 0.717) is 38.1 Å². The third-order valence-electron chi connectivity index (χ3n) is 6.57. The predicted octanol–water partition coefficient (Wildman–Crippen LogP) is 5.01. The van der Waals surface area contributed by atoms with Gasteiger partial charge in [-0.25, -0.2) is 0 Å². The normalized spacial score (nSPS) is 15.4. The molecule has 3 aromatic carbocycles. The van der Waals surface area contributed by atoms with E-state index in [2.05, 4.69) is 58.6 Å². The number of oxime groups is 1. The van der Waals surface area contributed by atoms with Crippen LogP contribution in [-0.4, -0.2) is 80.1 Å². The Morgan fingerprint density at radius 3 is 2.02 bits per heavy atom. The van der Waals surface area contributed by atoms with Gasteiger partial charge in [0.15, 0.2) is 0 Å². The minimum absolute atomic E-state index is 0.143. The first-order valence-electron chi connectivity index (χ1n) is 14.8. The van der Waals surface area contributed by atoms with Gasteiger partial charge in [-0.05, 0) is 47.5 Å². The molecule has 1 N–H and O–H groups in total. The second-order valence-electron chi connectivity index (χ2n) is 11.0. The van der Waals surface area contributed by atoms with Crippen molar-refractivity contribution in [1.29, 1.82) is 0 Å². The molecule has 2 atom stereocenters. The van der Waals surface area contributed by atoms with Gasteiger partial charge in [0, 0.05) is 39.0 Å². The molecule has 0 saturated carbocycles. The van der Waals surface area contributed by atoms with E-state index in [1.165, 1.54) is 11.1 Å². The van der Waals surface area contributed by atoms with E-state index in [1.54, 1.807) is 13.8 Å². The van der Waals surface area contributed by atoms with Gasteiger partial charge in [-0.15, -0.1) is 0 Å². The number of aliphatic hydroxyl groups is 1. The number of nitrogens with zero attached hydrogens (tertiary/aromatic N) is 2. The second kappa shape index (κ2) is 17.0. The molecular formula is C34H44N2O7. The lowest BCUT2D eigenvalue weighted by Gasteiger charge is -2.23. The molecule has 0 bridgehead atoms. The molecule has 1 aliphatic heterocycles. The molecule has 4 rings (SSSR count). The Bertz CT molecular complexity index is 1180. The maximum absolute atomic E-state index is 10.2. The molecule has 232 valence electrons. The summed E-state index contributed by atoms with van der Waals surface area (Å²) in [6.45, 7) is 10.1. The summed E-state index contributed by atoms with van der Waals surface area (Å²) in [7, 11) is 0. The van der Waals surface area contributed by atoms with Crippen molar-refractivity contribution in [3.05, 3.63) is 102 Å². The van der Waals surface area contributed by atoms with Crippen molar-refractivity contribution in [2.24, 2.45) is 5.16 Å². The van der Waals surface area contributed by atoms with Crippen LogP contribution < -0.4 is 4.74 Å². The van der Waals surface area contributed by atoms with Crippen molar-refractivity contribution in [3.8, 4) is 5.75 Å². The molecular weight excluding hydrogens is 548 g/mol. The first kappa shape index (κ1) is 32.4. The van der Waals surface area contributed by atoms with Gasteiger partial charge in [-0.3, -0.25) is 4.90 Å². The summed E-state index contributed by atoms with van der Waals surface area (Å²) in [5.41, 5.74) is 3.36. The highest BCUT2D eigenvalue weighted by Gasteiger charge is 2.30. The summed E-state index contributed by atoms with van der Waals surface area (Å²) < 4.78 is 28.6. The smallest absolute Gasteiger partial charge is 0.271 e. The summed E-state index contributed by atoms with van der Waals surface area (Å²) in [4.78, 5) is 7.60. The topological polar surface area (TPSA) is 91.2 Å². The number of hydrogen-bond donors (Lipinski definition) is 1. The molecule has 0 radical (unpaired) electrons. The van der Waals surface area contributed by atoms with Crippen LogP contribution in [0.4, 0.5) is 0 Å². The lowest BCUT2D eigenvalue weighted by atomic mass is 10.1. The van der Waals surface area contributed by atoms with Gasteiger partial charge in [0.25, 0.3) is 11.7 Å². The average Bonchev–Trinajstić information content (AvgIpc) is 3.38. The van der Waals surface area contributed by atoms with Crippen LogP contribution in [0.15, 0.2) is 90.1 Å². The largest absolute Gasteiger partial charge is 0.491 e. The molecule has 9 nitrogen and oxygen atoms in total. The molecule has 2 unspecified atom stereocenters. The van der Waals surface area contributed by atoms with E-state index >= 15 is 0 Å². The fraction of sp³-hybridized carbons (Fsp3) is 0.441. The van der Waals surface area contributed by atoms with Crippen LogP contribution in [0.3, 0.4) is 0 Å². The summed E-state index contributed by atoms with van der Waals surface area (Å²) in [6.07, 6.45) is -0.872. The predicted molar refractivity (Wildman–Crippen MR) is 165 cm³/mol. The zero-order valence-electron chi connectivity index (χ0n) is 25.4. The fourth-order valence-electron chi connectivity index (χ4n) is 4.38. The molecule has 0 aromatic heterocycles. The van der Waals surface area contributed by atoms with E-state index in [4.69, 9.17) is 28.5 Å². The molecule has 43 heavy (non-hydrogen) atoms. The zero-order valence-corrected chi connectivity index (χ0v) is 25.4. The quantitative estimate of drug-likeness (QED) is 0.194. The van der Waals surface area contributed by atoms with Crippen molar-refractivity contribution >= 4 is 5.90 Å². The summed E-state index contributed by atoms with van der Waals surface area (Å²) >= 11 is 0. The van der Waals surface area contributed by atoms with Crippen LogP contribution in [-0.2, 0) is 36.9 Å². The maximum Gasteiger partial charge on any atom is 0.271 e. The molecule has 0 aliphatic carbocycles. The average molecular weight is 593 g/mol. The Kier molecular flexibility index (Phi) is 12.8. The highest BCUT2D eigenvalue weighted by Crippen LogP contribution is 2.23. The summed E-state index contributed by atoms with van der Waals surface area (Å²) in [6, 6.07) is 28.3. The van der Waals surface area contributed by atoms with Crippen LogP contribution in [0.2, 0.25) is 0 Å². The van der Waals surface area contributed by atoms with Gasteiger partial charge < -0.3 is 33.6 Å². The standard InChI is InChI=1S/C34H44N2O7/c1-27(24-38-19-18-36(22-28-10-6-4-7-11-28)23-29-12-8-5-9-13-29)41-26-31(37)25-39-20-21-40-32-16-14-30(15-17-32)33-35-43-34(2,3)42-33/h4-17,27,31,37H,18-26H2,1-3H3. The molecule has 0 spiro atoms. The fourth-order valence-corrected chi connectivity index (χ4v) is 4.38. The minimum Gasteiger partial charge on any atom is -0.491 e. The van der Waals surface area contributed by atoms with Crippen molar-refractivity contribution in [3.63, 3.8) is 0 Å². The van der Waals surface area contributed by atoms with E-state index in [0.717, 1.165) is 25.2 Å². The number of ether oxygens (including phenoxy) is 5. The van der Waals surface area contributed by atoms with Gasteiger partial charge in [-0.1, -0.05) is 60.7 Å². The van der Waals surface area contributed by atoms with E-state index in [-0.39, 0.29) is 19.3 Å². The van der Waals surface area contributed by atoms with Crippen molar-refractivity contribution in [1.82, 2.24) is 4.90 Å².